The Morgan fingerprint density at radius 1 is 1.24 bits per heavy atom. The first-order chi connectivity index (χ1) is 9.72. The molecule has 0 aliphatic carbocycles. The molecule has 0 spiro atoms. The zero-order valence-electron chi connectivity index (χ0n) is 11.3. The minimum atomic E-state index is 0. The van der Waals surface area contributed by atoms with Crippen LogP contribution in [0.25, 0.3) is 10.4 Å². The summed E-state index contributed by atoms with van der Waals surface area (Å²) in [5, 5.41) is 6.20. The van der Waals surface area contributed by atoms with E-state index in [4.69, 9.17) is 0 Å². The molecule has 1 aromatic carbocycles. The lowest BCUT2D eigenvalue weighted by atomic mass is 10.0. The van der Waals surface area contributed by atoms with Gasteiger partial charge in [0, 0.05) is 34.9 Å². The standard InChI is InChI=1S/C15H15BrN2OS.ClH/c16-12-3-1-11(2-4-12)13-5-6-14(20-13)15(19)18-9-10-7-17-8-10;/h1-6,10,17H,7-9H2,(H,18,19);1H. The summed E-state index contributed by atoms with van der Waals surface area (Å²) in [6.07, 6.45) is 0. The molecule has 1 aliphatic heterocycles. The zero-order chi connectivity index (χ0) is 13.9. The first-order valence-corrected chi connectivity index (χ1v) is 8.18. The number of halogens is 2. The van der Waals surface area contributed by atoms with E-state index in [0.717, 1.165) is 39.4 Å². The quantitative estimate of drug-likeness (QED) is 0.842. The van der Waals surface area contributed by atoms with E-state index in [1.165, 1.54) is 11.3 Å². The number of hydrogen-bond acceptors (Lipinski definition) is 3. The molecule has 112 valence electrons. The molecule has 3 rings (SSSR count). The van der Waals surface area contributed by atoms with E-state index >= 15 is 0 Å². The van der Waals surface area contributed by atoms with Gasteiger partial charge in [0.15, 0.2) is 0 Å². The van der Waals surface area contributed by atoms with Crippen molar-refractivity contribution in [3.8, 4) is 10.4 Å². The van der Waals surface area contributed by atoms with Crippen molar-refractivity contribution in [2.45, 2.75) is 0 Å². The fourth-order valence-corrected chi connectivity index (χ4v) is 3.24. The topological polar surface area (TPSA) is 41.1 Å². The van der Waals surface area contributed by atoms with Crippen molar-refractivity contribution in [2.75, 3.05) is 19.6 Å². The zero-order valence-corrected chi connectivity index (χ0v) is 14.5. The van der Waals surface area contributed by atoms with Crippen LogP contribution in [-0.2, 0) is 0 Å². The largest absolute Gasteiger partial charge is 0.351 e. The fourth-order valence-electron chi connectivity index (χ4n) is 2.05. The van der Waals surface area contributed by atoms with Crippen LogP contribution in [0.3, 0.4) is 0 Å². The normalized spacial score (nSPS) is 14.1. The molecule has 1 aromatic heterocycles. The van der Waals surface area contributed by atoms with Crippen LogP contribution in [0, 0.1) is 5.92 Å². The second-order valence-corrected chi connectivity index (χ2v) is 6.90. The van der Waals surface area contributed by atoms with E-state index in [1.807, 2.05) is 24.3 Å². The highest BCUT2D eigenvalue weighted by atomic mass is 79.9. The first-order valence-electron chi connectivity index (χ1n) is 6.57. The lowest BCUT2D eigenvalue weighted by Crippen LogP contribution is -2.48. The van der Waals surface area contributed by atoms with E-state index in [-0.39, 0.29) is 18.3 Å². The van der Waals surface area contributed by atoms with Gasteiger partial charge < -0.3 is 10.6 Å². The van der Waals surface area contributed by atoms with Gasteiger partial charge in [-0.15, -0.1) is 23.7 Å². The van der Waals surface area contributed by atoms with Crippen molar-refractivity contribution >= 4 is 45.6 Å². The maximum atomic E-state index is 12.1. The van der Waals surface area contributed by atoms with Crippen LogP contribution in [0.5, 0.6) is 0 Å². The van der Waals surface area contributed by atoms with Crippen molar-refractivity contribution in [2.24, 2.45) is 5.92 Å². The SMILES string of the molecule is Cl.O=C(NCC1CNC1)c1ccc(-c2ccc(Br)cc2)s1. The smallest absolute Gasteiger partial charge is 0.261 e. The Morgan fingerprint density at radius 3 is 2.57 bits per heavy atom. The predicted molar refractivity (Wildman–Crippen MR) is 93.4 cm³/mol. The molecule has 1 aliphatic rings. The third-order valence-corrected chi connectivity index (χ3v) is 5.04. The molecule has 3 nitrogen and oxygen atoms in total. The van der Waals surface area contributed by atoms with Crippen LogP contribution in [-0.4, -0.2) is 25.5 Å². The molecule has 1 saturated heterocycles. The summed E-state index contributed by atoms with van der Waals surface area (Å²) >= 11 is 4.96. The number of amides is 1. The summed E-state index contributed by atoms with van der Waals surface area (Å²) in [4.78, 5) is 14.0. The highest BCUT2D eigenvalue weighted by molar-refractivity contribution is 9.10. The van der Waals surface area contributed by atoms with E-state index in [2.05, 4.69) is 38.7 Å². The van der Waals surface area contributed by atoms with Crippen LogP contribution in [0.4, 0.5) is 0 Å². The van der Waals surface area contributed by atoms with Crippen LogP contribution in [0.1, 0.15) is 9.67 Å². The Morgan fingerprint density at radius 2 is 1.95 bits per heavy atom. The molecule has 2 N–H and O–H groups in total. The van der Waals surface area contributed by atoms with Gasteiger partial charge in [-0.05, 0) is 29.8 Å². The average Bonchev–Trinajstić information content (AvgIpc) is 2.87. The van der Waals surface area contributed by atoms with Gasteiger partial charge in [0.1, 0.15) is 0 Å². The molecular formula is C15H16BrClN2OS. The van der Waals surface area contributed by atoms with Gasteiger partial charge in [-0.25, -0.2) is 0 Å². The molecule has 0 radical (unpaired) electrons. The van der Waals surface area contributed by atoms with E-state index in [1.54, 1.807) is 0 Å². The average molecular weight is 388 g/mol. The molecule has 0 atom stereocenters. The summed E-state index contributed by atoms with van der Waals surface area (Å²) in [5.74, 6) is 0.620. The lowest BCUT2D eigenvalue weighted by molar-refractivity contribution is 0.0946. The molecule has 6 heteroatoms. The summed E-state index contributed by atoms with van der Waals surface area (Å²) in [6, 6.07) is 12.0. The molecule has 0 unspecified atom stereocenters. The molecule has 1 amide bonds. The van der Waals surface area contributed by atoms with Crippen LogP contribution in [0.15, 0.2) is 40.9 Å². The van der Waals surface area contributed by atoms with Crippen molar-refractivity contribution in [1.82, 2.24) is 10.6 Å². The maximum Gasteiger partial charge on any atom is 0.261 e. The van der Waals surface area contributed by atoms with Crippen LogP contribution < -0.4 is 10.6 Å². The molecule has 2 heterocycles. The second kappa shape index (κ2) is 7.40. The second-order valence-electron chi connectivity index (χ2n) is 4.91. The number of rotatable bonds is 4. The van der Waals surface area contributed by atoms with Gasteiger partial charge in [-0.2, -0.15) is 0 Å². The third-order valence-electron chi connectivity index (χ3n) is 3.38. The Bertz CT molecular complexity index is 610. The van der Waals surface area contributed by atoms with Crippen molar-refractivity contribution in [3.05, 3.63) is 45.7 Å². The van der Waals surface area contributed by atoms with Crippen LogP contribution >= 0.6 is 39.7 Å². The highest BCUT2D eigenvalue weighted by Gasteiger charge is 2.18. The molecule has 0 bridgehead atoms. The summed E-state index contributed by atoms with van der Waals surface area (Å²) in [5.41, 5.74) is 1.14. The molecular weight excluding hydrogens is 372 g/mol. The van der Waals surface area contributed by atoms with Crippen molar-refractivity contribution in [1.29, 1.82) is 0 Å². The van der Waals surface area contributed by atoms with Crippen molar-refractivity contribution < 1.29 is 4.79 Å². The van der Waals surface area contributed by atoms with Gasteiger partial charge in [0.05, 0.1) is 4.88 Å². The molecule has 0 saturated carbocycles. The number of nitrogens with one attached hydrogen (secondary N) is 2. The monoisotopic (exact) mass is 386 g/mol. The highest BCUT2D eigenvalue weighted by Crippen LogP contribution is 2.29. The minimum absolute atomic E-state index is 0. The number of hydrogen-bond donors (Lipinski definition) is 2. The predicted octanol–water partition coefficient (Wildman–Crippen LogP) is 3.55. The van der Waals surface area contributed by atoms with Gasteiger partial charge in [0.25, 0.3) is 5.91 Å². The van der Waals surface area contributed by atoms with Gasteiger partial charge in [-0.1, -0.05) is 28.1 Å². The molecule has 21 heavy (non-hydrogen) atoms. The summed E-state index contributed by atoms with van der Waals surface area (Å²) in [7, 11) is 0. The van der Waals surface area contributed by atoms with Gasteiger partial charge in [0.2, 0.25) is 0 Å². The minimum Gasteiger partial charge on any atom is -0.351 e. The van der Waals surface area contributed by atoms with Gasteiger partial charge in [-0.3, -0.25) is 4.79 Å². The number of benzene rings is 1. The Balaban J connectivity index is 0.00000161. The van der Waals surface area contributed by atoms with E-state index in [9.17, 15) is 4.79 Å². The lowest BCUT2D eigenvalue weighted by Gasteiger charge is -2.26. The van der Waals surface area contributed by atoms with Crippen molar-refractivity contribution in [3.63, 3.8) is 0 Å². The van der Waals surface area contributed by atoms with E-state index < -0.39 is 0 Å². The fraction of sp³-hybridized carbons (Fsp3) is 0.267. The number of carbonyl (C=O) groups excluding carboxylic acids is 1. The van der Waals surface area contributed by atoms with Crippen LogP contribution in [0.2, 0.25) is 0 Å². The Hall–Kier alpha value is -0.880. The summed E-state index contributed by atoms with van der Waals surface area (Å²) in [6.45, 7) is 2.78. The van der Waals surface area contributed by atoms with E-state index in [0.29, 0.717) is 5.92 Å². The first kappa shape index (κ1) is 16.5. The number of thiophene rings is 1. The number of carbonyl (C=O) groups is 1. The third kappa shape index (κ3) is 4.07. The molecule has 2 aromatic rings. The van der Waals surface area contributed by atoms with Gasteiger partial charge >= 0.3 is 0 Å². The maximum absolute atomic E-state index is 12.1. The Labute approximate surface area is 142 Å². The summed E-state index contributed by atoms with van der Waals surface area (Å²) < 4.78 is 1.06. The molecule has 1 fully saturated rings. The Kier molecular flexibility index (Phi) is 5.81.